The SMILES string of the molecule is COC(=O)c1coc(C(C)(C)Br)n1. The van der Waals surface area contributed by atoms with E-state index in [1.807, 2.05) is 13.8 Å². The number of hydrogen-bond acceptors (Lipinski definition) is 4. The molecule has 0 aliphatic carbocycles. The number of hydrogen-bond donors (Lipinski definition) is 0. The Morgan fingerprint density at radius 1 is 1.69 bits per heavy atom. The van der Waals surface area contributed by atoms with Gasteiger partial charge in [0, 0.05) is 0 Å². The molecule has 0 N–H and O–H groups in total. The van der Waals surface area contributed by atoms with Gasteiger partial charge in [0.25, 0.3) is 0 Å². The molecular formula is C8H10BrNO3. The summed E-state index contributed by atoms with van der Waals surface area (Å²) >= 11 is 3.36. The number of ether oxygens (including phenoxy) is 1. The Morgan fingerprint density at radius 2 is 2.31 bits per heavy atom. The van der Waals surface area contributed by atoms with Crippen LogP contribution in [0.25, 0.3) is 0 Å². The Morgan fingerprint density at radius 3 is 2.69 bits per heavy atom. The summed E-state index contributed by atoms with van der Waals surface area (Å²) in [6, 6.07) is 0. The van der Waals surface area contributed by atoms with Crippen LogP contribution in [-0.4, -0.2) is 18.1 Å². The van der Waals surface area contributed by atoms with E-state index in [-0.39, 0.29) is 10.0 Å². The van der Waals surface area contributed by atoms with Crippen molar-refractivity contribution < 1.29 is 13.9 Å². The van der Waals surface area contributed by atoms with Crippen molar-refractivity contribution in [2.75, 3.05) is 7.11 Å². The molecule has 0 amide bonds. The lowest BCUT2D eigenvalue weighted by atomic mass is 10.2. The number of oxazole rings is 1. The number of nitrogens with zero attached hydrogens (tertiary/aromatic N) is 1. The Labute approximate surface area is 84.4 Å². The molecule has 0 radical (unpaired) electrons. The van der Waals surface area contributed by atoms with Gasteiger partial charge < -0.3 is 9.15 Å². The largest absolute Gasteiger partial charge is 0.464 e. The fraction of sp³-hybridized carbons (Fsp3) is 0.500. The second-order valence-electron chi connectivity index (χ2n) is 3.00. The van der Waals surface area contributed by atoms with Crippen LogP contribution in [0.15, 0.2) is 10.7 Å². The first-order valence-electron chi connectivity index (χ1n) is 3.68. The molecule has 0 aliphatic rings. The van der Waals surface area contributed by atoms with E-state index >= 15 is 0 Å². The Bertz CT molecular complexity index is 313. The van der Waals surface area contributed by atoms with E-state index in [1.54, 1.807) is 0 Å². The van der Waals surface area contributed by atoms with Gasteiger partial charge in [0.2, 0.25) is 5.89 Å². The highest BCUT2D eigenvalue weighted by Crippen LogP contribution is 2.28. The summed E-state index contributed by atoms with van der Waals surface area (Å²) in [4.78, 5) is 15.0. The lowest BCUT2D eigenvalue weighted by Gasteiger charge is -2.09. The van der Waals surface area contributed by atoms with Crippen LogP contribution < -0.4 is 0 Å². The Hall–Kier alpha value is -0.840. The van der Waals surface area contributed by atoms with Crippen LogP contribution in [-0.2, 0) is 9.06 Å². The summed E-state index contributed by atoms with van der Waals surface area (Å²) in [5.74, 6) is -0.0420. The third-order valence-electron chi connectivity index (χ3n) is 1.41. The number of alkyl halides is 1. The van der Waals surface area contributed by atoms with E-state index in [1.165, 1.54) is 13.4 Å². The summed E-state index contributed by atoms with van der Waals surface area (Å²) in [6.07, 6.45) is 1.28. The standard InChI is InChI=1S/C8H10BrNO3/c1-8(2,9)7-10-5(4-13-7)6(11)12-3/h4H,1-3H3. The molecule has 4 nitrogen and oxygen atoms in total. The predicted octanol–water partition coefficient (Wildman–Crippen LogP) is 2.09. The quantitative estimate of drug-likeness (QED) is 0.594. The van der Waals surface area contributed by atoms with Crippen LogP contribution >= 0.6 is 15.9 Å². The molecule has 0 unspecified atom stereocenters. The number of carbonyl (C=O) groups is 1. The van der Waals surface area contributed by atoms with Crippen molar-refractivity contribution in [1.29, 1.82) is 0 Å². The van der Waals surface area contributed by atoms with Gasteiger partial charge >= 0.3 is 5.97 Å². The smallest absolute Gasteiger partial charge is 0.360 e. The van der Waals surface area contributed by atoms with Crippen LogP contribution in [0.4, 0.5) is 0 Å². The molecular weight excluding hydrogens is 238 g/mol. The summed E-state index contributed by atoms with van der Waals surface area (Å²) in [5, 5.41) is 0. The van der Waals surface area contributed by atoms with Gasteiger partial charge in [-0.1, -0.05) is 15.9 Å². The monoisotopic (exact) mass is 247 g/mol. The Kier molecular flexibility index (Phi) is 2.75. The van der Waals surface area contributed by atoms with E-state index in [0.29, 0.717) is 5.89 Å². The minimum Gasteiger partial charge on any atom is -0.464 e. The number of rotatable bonds is 2. The fourth-order valence-electron chi connectivity index (χ4n) is 0.745. The number of esters is 1. The van der Waals surface area contributed by atoms with Gasteiger partial charge in [0.15, 0.2) is 5.69 Å². The molecule has 1 heterocycles. The first kappa shape index (κ1) is 10.2. The van der Waals surface area contributed by atoms with Gasteiger partial charge in [-0.05, 0) is 13.8 Å². The molecule has 72 valence electrons. The number of halogens is 1. The van der Waals surface area contributed by atoms with Crippen molar-refractivity contribution >= 4 is 21.9 Å². The molecule has 1 rings (SSSR count). The molecule has 0 fully saturated rings. The zero-order chi connectivity index (χ0) is 10.1. The maximum absolute atomic E-state index is 11.0. The van der Waals surface area contributed by atoms with Crippen LogP contribution in [0.2, 0.25) is 0 Å². The maximum atomic E-state index is 11.0. The molecule has 1 aromatic heterocycles. The number of aromatic nitrogens is 1. The highest BCUT2D eigenvalue weighted by atomic mass is 79.9. The minimum absolute atomic E-state index is 0.185. The molecule has 0 aromatic carbocycles. The number of carbonyl (C=O) groups excluding carboxylic acids is 1. The third kappa shape index (κ3) is 2.30. The van der Waals surface area contributed by atoms with Crippen molar-refractivity contribution in [1.82, 2.24) is 4.98 Å². The highest BCUT2D eigenvalue weighted by Gasteiger charge is 2.24. The summed E-state index contributed by atoms with van der Waals surface area (Å²) in [6.45, 7) is 3.75. The van der Waals surface area contributed by atoms with E-state index in [9.17, 15) is 4.79 Å². The zero-order valence-electron chi connectivity index (χ0n) is 7.63. The van der Waals surface area contributed by atoms with Crippen molar-refractivity contribution in [2.24, 2.45) is 0 Å². The van der Waals surface area contributed by atoms with E-state index in [0.717, 1.165) is 0 Å². The topological polar surface area (TPSA) is 52.3 Å². The van der Waals surface area contributed by atoms with Crippen molar-refractivity contribution in [3.8, 4) is 0 Å². The maximum Gasteiger partial charge on any atom is 0.360 e. The van der Waals surface area contributed by atoms with Gasteiger partial charge in [0.1, 0.15) is 6.26 Å². The lowest BCUT2D eigenvalue weighted by Crippen LogP contribution is -2.08. The molecule has 0 spiro atoms. The molecule has 1 aromatic rings. The minimum atomic E-state index is -0.494. The molecule has 0 aliphatic heterocycles. The average Bonchev–Trinajstić information content (AvgIpc) is 2.50. The van der Waals surface area contributed by atoms with E-state index < -0.39 is 5.97 Å². The first-order valence-corrected chi connectivity index (χ1v) is 4.47. The van der Waals surface area contributed by atoms with Gasteiger partial charge in [-0.3, -0.25) is 0 Å². The molecule has 13 heavy (non-hydrogen) atoms. The van der Waals surface area contributed by atoms with Gasteiger partial charge in [-0.25, -0.2) is 9.78 Å². The summed E-state index contributed by atoms with van der Waals surface area (Å²) < 4.78 is 9.20. The summed E-state index contributed by atoms with van der Waals surface area (Å²) in [7, 11) is 1.30. The first-order chi connectivity index (χ1) is 5.95. The fourth-order valence-corrected chi connectivity index (χ4v) is 0.927. The Balaban J connectivity index is 2.93. The molecule has 5 heteroatoms. The van der Waals surface area contributed by atoms with Crippen LogP contribution in [0.1, 0.15) is 30.2 Å². The molecule has 0 saturated carbocycles. The normalized spacial score (nSPS) is 11.4. The molecule has 0 bridgehead atoms. The van der Waals surface area contributed by atoms with E-state index in [4.69, 9.17) is 4.42 Å². The predicted molar refractivity (Wildman–Crippen MR) is 49.8 cm³/mol. The molecule has 0 atom stereocenters. The van der Waals surface area contributed by atoms with Crippen molar-refractivity contribution in [2.45, 2.75) is 18.2 Å². The lowest BCUT2D eigenvalue weighted by molar-refractivity contribution is 0.0594. The summed E-state index contributed by atoms with van der Waals surface area (Å²) in [5.41, 5.74) is 0.185. The average molecular weight is 248 g/mol. The highest BCUT2D eigenvalue weighted by molar-refractivity contribution is 9.09. The second-order valence-corrected chi connectivity index (χ2v) is 4.98. The van der Waals surface area contributed by atoms with Gasteiger partial charge in [0.05, 0.1) is 11.4 Å². The van der Waals surface area contributed by atoms with Crippen molar-refractivity contribution in [3.63, 3.8) is 0 Å². The van der Waals surface area contributed by atoms with Crippen LogP contribution in [0.3, 0.4) is 0 Å². The third-order valence-corrected chi connectivity index (χ3v) is 1.75. The van der Waals surface area contributed by atoms with Crippen LogP contribution in [0.5, 0.6) is 0 Å². The molecule has 0 saturated heterocycles. The van der Waals surface area contributed by atoms with E-state index in [2.05, 4.69) is 25.7 Å². The second kappa shape index (κ2) is 3.49. The van der Waals surface area contributed by atoms with Gasteiger partial charge in [-0.2, -0.15) is 0 Å². The van der Waals surface area contributed by atoms with Crippen molar-refractivity contribution in [3.05, 3.63) is 17.8 Å². The van der Waals surface area contributed by atoms with Gasteiger partial charge in [-0.15, -0.1) is 0 Å². The zero-order valence-corrected chi connectivity index (χ0v) is 9.21. The van der Waals surface area contributed by atoms with Crippen LogP contribution in [0, 0.1) is 0 Å². The number of methoxy groups -OCH3 is 1.